The van der Waals surface area contributed by atoms with Crippen molar-refractivity contribution in [3.8, 4) is 12.3 Å². The molecule has 3 heteroatoms. The maximum Gasteiger partial charge on any atom is 0.321 e. The Kier molecular flexibility index (Phi) is 4.56. The highest BCUT2D eigenvalue weighted by molar-refractivity contribution is 5.75. The average Bonchev–Trinajstić information content (AvgIpc) is 2.30. The zero-order valence-corrected chi connectivity index (χ0v) is 9.18. The van der Waals surface area contributed by atoms with Gasteiger partial charge in [-0.3, -0.25) is 10.1 Å². The molecule has 0 spiro atoms. The van der Waals surface area contributed by atoms with Gasteiger partial charge in [-0.05, 0) is 5.56 Å². The molecule has 3 nitrogen and oxygen atoms in total. The highest BCUT2D eigenvalue weighted by Crippen LogP contribution is 2.18. The summed E-state index contributed by atoms with van der Waals surface area (Å²) in [7, 11) is 0. The van der Waals surface area contributed by atoms with Crippen LogP contribution in [0, 0.1) is 12.3 Å². The van der Waals surface area contributed by atoms with Crippen LogP contribution in [0.5, 0.6) is 0 Å². The summed E-state index contributed by atoms with van der Waals surface area (Å²) in [6, 6.07) is 8.87. The molecule has 2 atom stereocenters. The SMILES string of the molecule is C#CCNC(C(=O)O)C(C)c1ccccc1. The van der Waals surface area contributed by atoms with Crippen molar-refractivity contribution in [2.75, 3.05) is 6.54 Å². The standard InChI is InChI=1S/C13H15NO2/c1-3-9-14-12(13(15)16)10(2)11-7-5-4-6-8-11/h1,4-8,10,12,14H,9H2,2H3,(H,15,16). The number of carboxylic acids is 1. The number of benzene rings is 1. The summed E-state index contributed by atoms with van der Waals surface area (Å²) in [5, 5.41) is 11.9. The van der Waals surface area contributed by atoms with E-state index in [0.29, 0.717) is 0 Å². The second-order valence-corrected chi connectivity index (χ2v) is 3.60. The normalized spacial score (nSPS) is 13.8. The van der Waals surface area contributed by atoms with Crippen molar-refractivity contribution in [3.63, 3.8) is 0 Å². The molecule has 0 aromatic heterocycles. The first-order chi connectivity index (χ1) is 7.66. The van der Waals surface area contributed by atoms with Crippen molar-refractivity contribution in [2.24, 2.45) is 0 Å². The molecular formula is C13H15NO2. The second-order valence-electron chi connectivity index (χ2n) is 3.60. The lowest BCUT2D eigenvalue weighted by Crippen LogP contribution is -2.40. The van der Waals surface area contributed by atoms with E-state index in [9.17, 15) is 4.79 Å². The van der Waals surface area contributed by atoms with Crippen molar-refractivity contribution in [1.29, 1.82) is 0 Å². The molecule has 0 bridgehead atoms. The fraction of sp³-hybridized carbons (Fsp3) is 0.308. The molecule has 2 N–H and O–H groups in total. The number of carbonyl (C=O) groups is 1. The van der Waals surface area contributed by atoms with Crippen molar-refractivity contribution in [1.82, 2.24) is 5.32 Å². The molecule has 2 unspecified atom stereocenters. The molecule has 84 valence electrons. The van der Waals surface area contributed by atoms with Crippen LogP contribution in [0.3, 0.4) is 0 Å². The van der Waals surface area contributed by atoms with E-state index in [1.54, 1.807) is 0 Å². The fourth-order valence-electron chi connectivity index (χ4n) is 1.60. The Labute approximate surface area is 95.5 Å². The smallest absolute Gasteiger partial charge is 0.321 e. The van der Waals surface area contributed by atoms with Gasteiger partial charge in [0.2, 0.25) is 0 Å². The Balaban J connectivity index is 2.79. The van der Waals surface area contributed by atoms with E-state index in [2.05, 4.69) is 11.2 Å². The summed E-state index contributed by atoms with van der Waals surface area (Å²) in [5.74, 6) is 1.38. The van der Waals surface area contributed by atoms with Crippen molar-refractivity contribution < 1.29 is 9.90 Å². The van der Waals surface area contributed by atoms with E-state index in [-0.39, 0.29) is 12.5 Å². The van der Waals surface area contributed by atoms with Crippen molar-refractivity contribution >= 4 is 5.97 Å². The molecule has 0 amide bonds. The summed E-state index contributed by atoms with van der Waals surface area (Å²) in [4.78, 5) is 11.1. The molecule has 1 rings (SSSR count). The maximum atomic E-state index is 11.1. The topological polar surface area (TPSA) is 49.3 Å². The highest BCUT2D eigenvalue weighted by atomic mass is 16.4. The van der Waals surface area contributed by atoms with Gasteiger partial charge in [0.15, 0.2) is 0 Å². The van der Waals surface area contributed by atoms with E-state index in [1.807, 2.05) is 37.3 Å². The molecule has 0 fully saturated rings. The van der Waals surface area contributed by atoms with Crippen LogP contribution < -0.4 is 5.32 Å². The minimum atomic E-state index is -0.883. The molecule has 0 radical (unpaired) electrons. The molecule has 16 heavy (non-hydrogen) atoms. The second kappa shape index (κ2) is 5.94. The van der Waals surface area contributed by atoms with Gasteiger partial charge in [0, 0.05) is 5.92 Å². The van der Waals surface area contributed by atoms with Crippen LogP contribution >= 0.6 is 0 Å². The Morgan fingerprint density at radius 1 is 1.50 bits per heavy atom. The van der Waals surface area contributed by atoms with Gasteiger partial charge in [-0.1, -0.05) is 43.2 Å². The average molecular weight is 217 g/mol. The lowest BCUT2D eigenvalue weighted by molar-refractivity contribution is -0.139. The van der Waals surface area contributed by atoms with Crippen LogP contribution in [0.15, 0.2) is 30.3 Å². The van der Waals surface area contributed by atoms with Gasteiger partial charge < -0.3 is 5.11 Å². The number of rotatable bonds is 5. The Morgan fingerprint density at radius 3 is 2.62 bits per heavy atom. The first-order valence-electron chi connectivity index (χ1n) is 5.11. The van der Waals surface area contributed by atoms with Crippen LogP contribution in [-0.2, 0) is 4.79 Å². The van der Waals surface area contributed by atoms with Crippen LogP contribution in [0.25, 0.3) is 0 Å². The molecule has 0 aliphatic heterocycles. The van der Waals surface area contributed by atoms with Crippen LogP contribution in [0.2, 0.25) is 0 Å². The third-order valence-corrected chi connectivity index (χ3v) is 2.52. The number of hydrogen-bond acceptors (Lipinski definition) is 2. The van der Waals surface area contributed by atoms with E-state index in [0.717, 1.165) is 5.56 Å². The lowest BCUT2D eigenvalue weighted by Gasteiger charge is -2.20. The zero-order valence-electron chi connectivity index (χ0n) is 9.18. The molecule has 0 aliphatic carbocycles. The summed E-state index contributed by atoms with van der Waals surface area (Å²) >= 11 is 0. The Bertz CT molecular complexity index is 381. The fourth-order valence-corrected chi connectivity index (χ4v) is 1.60. The number of aliphatic carboxylic acids is 1. The third kappa shape index (κ3) is 3.11. The summed E-state index contributed by atoms with van der Waals surface area (Å²) in [5.41, 5.74) is 0.986. The molecule has 0 heterocycles. The third-order valence-electron chi connectivity index (χ3n) is 2.52. The predicted molar refractivity (Wildman–Crippen MR) is 63.1 cm³/mol. The van der Waals surface area contributed by atoms with Crippen molar-refractivity contribution in [2.45, 2.75) is 18.9 Å². The first-order valence-corrected chi connectivity index (χ1v) is 5.11. The molecule has 0 saturated heterocycles. The summed E-state index contributed by atoms with van der Waals surface area (Å²) < 4.78 is 0. The van der Waals surface area contributed by atoms with Crippen molar-refractivity contribution in [3.05, 3.63) is 35.9 Å². The predicted octanol–water partition coefficient (Wildman–Crippen LogP) is 1.47. The summed E-state index contributed by atoms with van der Waals surface area (Å²) in [6.45, 7) is 2.13. The van der Waals surface area contributed by atoms with E-state index < -0.39 is 12.0 Å². The highest BCUT2D eigenvalue weighted by Gasteiger charge is 2.24. The van der Waals surface area contributed by atoms with Crippen LogP contribution in [0.1, 0.15) is 18.4 Å². The number of carboxylic acid groups (broad SMARTS) is 1. The molecule has 1 aromatic rings. The Hall–Kier alpha value is -1.79. The van der Waals surface area contributed by atoms with Gasteiger partial charge in [0.05, 0.1) is 6.54 Å². The van der Waals surface area contributed by atoms with Gasteiger partial charge in [-0.15, -0.1) is 6.42 Å². The van der Waals surface area contributed by atoms with Gasteiger partial charge in [0.1, 0.15) is 6.04 Å². The van der Waals surface area contributed by atoms with Gasteiger partial charge in [-0.2, -0.15) is 0 Å². The number of terminal acetylenes is 1. The first kappa shape index (κ1) is 12.3. The lowest BCUT2D eigenvalue weighted by atomic mass is 9.93. The number of nitrogens with one attached hydrogen (secondary N) is 1. The maximum absolute atomic E-state index is 11.1. The minimum absolute atomic E-state index is 0.118. The number of hydrogen-bond donors (Lipinski definition) is 2. The molecule has 0 saturated carbocycles. The van der Waals surface area contributed by atoms with Crippen LogP contribution in [0.4, 0.5) is 0 Å². The minimum Gasteiger partial charge on any atom is -0.480 e. The quantitative estimate of drug-likeness (QED) is 0.734. The molecule has 0 aliphatic rings. The van der Waals surface area contributed by atoms with Gasteiger partial charge >= 0.3 is 5.97 Å². The summed E-state index contributed by atoms with van der Waals surface area (Å²) in [6.07, 6.45) is 5.11. The van der Waals surface area contributed by atoms with Crippen LogP contribution in [-0.4, -0.2) is 23.7 Å². The largest absolute Gasteiger partial charge is 0.480 e. The van der Waals surface area contributed by atoms with E-state index in [4.69, 9.17) is 11.5 Å². The Morgan fingerprint density at radius 2 is 2.12 bits per heavy atom. The van der Waals surface area contributed by atoms with E-state index >= 15 is 0 Å². The molecule has 1 aromatic carbocycles. The monoisotopic (exact) mass is 217 g/mol. The zero-order chi connectivity index (χ0) is 12.0. The molecular weight excluding hydrogens is 202 g/mol. The van der Waals surface area contributed by atoms with Gasteiger partial charge in [-0.25, -0.2) is 0 Å². The van der Waals surface area contributed by atoms with E-state index in [1.165, 1.54) is 0 Å². The van der Waals surface area contributed by atoms with Gasteiger partial charge in [0.25, 0.3) is 0 Å².